The Bertz CT molecular complexity index is 741. The van der Waals surface area contributed by atoms with Crippen molar-refractivity contribution in [2.24, 2.45) is 11.7 Å². The number of ether oxygens (including phenoxy) is 1. The van der Waals surface area contributed by atoms with Crippen molar-refractivity contribution in [2.75, 3.05) is 24.6 Å². The number of imidazole rings is 1. The average molecular weight is 358 g/mol. The maximum Gasteiger partial charge on any atom is 0.306 e. The Morgan fingerprint density at radius 3 is 2.69 bits per heavy atom. The number of carbonyl (C=O) groups excluding carboxylic acids is 2. The first-order chi connectivity index (χ1) is 12.6. The average Bonchev–Trinajstić information content (AvgIpc) is 3.20. The summed E-state index contributed by atoms with van der Waals surface area (Å²) in [5.74, 6) is 1.13. The van der Waals surface area contributed by atoms with Crippen LogP contribution in [0, 0.1) is 5.92 Å². The zero-order valence-corrected chi connectivity index (χ0v) is 14.5. The third-order valence-corrected chi connectivity index (χ3v) is 4.48. The SMILES string of the molecule is NC(=O)COC(=O)CCC1CCN(c2cc(-n3ccnc3)ncn2)CC1. The van der Waals surface area contributed by atoms with E-state index < -0.39 is 5.91 Å². The molecule has 138 valence electrons. The van der Waals surface area contributed by atoms with Gasteiger partial charge in [-0.15, -0.1) is 0 Å². The van der Waals surface area contributed by atoms with Crippen molar-refractivity contribution in [3.63, 3.8) is 0 Å². The largest absolute Gasteiger partial charge is 0.456 e. The Balaban J connectivity index is 1.47. The second kappa shape index (κ2) is 8.41. The molecule has 1 aliphatic rings. The molecule has 9 nitrogen and oxygen atoms in total. The van der Waals surface area contributed by atoms with E-state index in [1.165, 1.54) is 0 Å². The third-order valence-electron chi connectivity index (χ3n) is 4.48. The summed E-state index contributed by atoms with van der Waals surface area (Å²) in [5.41, 5.74) is 4.95. The Hall–Kier alpha value is -2.97. The summed E-state index contributed by atoms with van der Waals surface area (Å²) in [6.07, 6.45) is 9.85. The topological polar surface area (TPSA) is 116 Å². The first kappa shape index (κ1) is 17.8. The van der Waals surface area contributed by atoms with Gasteiger partial charge < -0.3 is 15.4 Å². The van der Waals surface area contributed by atoms with E-state index in [9.17, 15) is 9.59 Å². The maximum atomic E-state index is 11.6. The smallest absolute Gasteiger partial charge is 0.306 e. The molecule has 26 heavy (non-hydrogen) atoms. The molecule has 1 saturated heterocycles. The predicted octanol–water partition coefficient (Wildman–Crippen LogP) is 0.687. The number of anilines is 1. The van der Waals surface area contributed by atoms with Gasteiger partial charge in [-0.2, -0.15) is 0 Å². The highest BCUT2D eigenvalue weighted by atomic mass is 16.5. The highest BCUT2D eigenvalue weighted by Gasteiger charge is 2.21. The second-order valence-corrected chi connectivity index (χ2v) is 6.30. The Labute approximate surface area is 151 Å². The van der Waals surface area contributed by atoms with Gasteiger partial charge in [0.2, 0.25) is 0 Å². The molecule has 0 unspecified atom stereocenters. The van der Waals surface area contributed by atoms with Gasteiger partial charge in [0.25, 0.3) is 5.91 Å². The van der Waals surface area contributed by atoms with E-state index in [0.29, 0.717) is 12.3 Å². The highest BCUT2D eigenvalue weighted by Crippen LogP contribution is 2.25. The quantitative estimate of drug-likeness (QED) is 0.724. The number of nitrogens with zero attached hydrogens (tertiary/aromatic N) is 5. The van der Waals surface area contributed by atoms with Crippen LogP contribution in [0.15, 0.2) is 31.1 Å². The molecule has 0 aromatic carbocycles. The standard InChI is InChI=1S/C17H22N6O3/c18-14(24)10-26-17(25)2-1-13-3-6-22(7-4-13)15-9-16(21-11-20-15)23-8-5-19-12-23/h5,8-9,11-13H,1-4,6-7,10H2,(H2,18,24). The van der Waals surface area contributed by atoms with Crippen molar-refractivity contribution < 1.29 is 14.3 Å². The van der Waals surface area contributed by atoms with Gasteiger partial charge in [0.15, 0.2) is 6.61 Å². The number of hydrogen-bond donors (Lipinski definition) is 1. The summed E-state index contributed by atoms with van der Waals surface area (Å²) in [6.45, 7) is 1.41. The first-order valence-corrected chi connectivity index (χ1v) is 8.61. The lowest BCUT2D eigenvalue weighted by molar-refractivity contribution is -0.148. The van der Waals surface area contributed by atoms with E-state index in [-0.39, 0.29) is 12.6 Å². The van der Waals surface area contributed by atoms with E-state index >= 15 is 0 Å². The summed E-state index contributed by atoms with van der Waals surface area (Å²) in [6, 6.07) is 1.95. The fourth-order valence-electron chi connectivity index (χ4n) is 3.04. The molecule has 1 aliphatic heterocycles. The fourth-order valence-corrected chi connectivity index (χ4v) is 3.04. The van der Waals surface area contributed by atoms with Crippen LogP contribution in [-0.2, 0) is 14.3 Å². The Morgan fingerprint density at radius 2 is 2.00 bits per heavy atom. The number of nitrogens with two attached hydrogens (primary N) is 1. The molecular weight excluding hydrogens is 336 g/mol. The van der Waals surface area contributed by atoms with Gasteiger partial charge >= 0.3 is 5.97 Å². The van der Waals surface area contributed by atoms with E-state index in [2.05, 4.69) is 19.9 Å². The zero-order valence-electron chi connectivity index (χ0n) is 14.5. The van der Waals surface area contributed by atoms with Crippen LogP contribution in [0.25, 0.3) is 5.82 Å². The van der Waals surface area contributed by atoms with Crippen LogP contribution in [0.1, 0.15) is 25.7 Å². The van der Waals surface area contributed by atoms with Gasteiger partial charge in [-0.3, -0.25) is 14.2 Å². The lowest BCUT2D eigenvalue weighted by Gasteiger charge is -2.32. The number of carbonyl (C=O) groups is 2. The van der Waals surface area contributed by atoms with Crippen LogP contribution < -0.4 is 10.6 Å². The van der Waals surface area contributed by atoms with Gasteiger partial charge in [-0.1, -0.05) is 0 Å². The van der Waals surface area contributed by atoms with E-state index in [1.807, 2.05) is 16.8 Å². The molecule has 2 N–H and O–H groups in total. The molecule has 0 aliphatic carbocycles. The number of amides is 1. The molecule has 1 amide bonds. The normalized spacial score (nSPS) is 15.0. The van der Waals surface area contributed by atoms with E-state index in [1.54, 1.807) is 18.9 Å². The van der Waals surface area contributed by atoms with Crippen molar-refractivity contribution >= 4 is 17.7 Å². The van der Waals surface area contributed by atoms with Gasteiger partial charge in [0, 0.05) is 38.0 Å². The minimum absolute atomic E-state index is 0.316. The van der Waals surface area contributed by atoms with Crippen LogP contribution in [0.5, 0.6) is 0 Å². The molecule has 3 rings (SSSR count). The van der Waals surface area contributed by atoms with Crippen molar-refractivity contribution in [1.82, 2.24) is 19.5 Å². The Morgan fingerprint density at radius 1 is 1.23 bits per heavy atom. The van der Waals surface area contributed by atoms with Crippen LogP contribution >= 0.6 is 0 Å². The van der Waals surface area contributed by atoms with Crippen LogP contribution in [0.4, 0.5) is 5.82 Å². The lowest BCUT2D eigenvalue weighted by atomic mass is 9.92. The summed E-state index contributed by atoms with van der Waals surface area (Å²) in [5, 5.41) is 0. The number of piperidine rings is 1. The molecular formula is C17H22N6O3. The second-order valence-electron chi connectivity index (χ2n) is 6.30. The van der Waals surface area contributed by atoms with Crippen LogP contribution in [-0.4, -0.2) is 51.1 Å². The number of esters is 1. The predicted molar refractivity (Wildman–Crippen MR) is 93.5 cm³/mol. The minimum atomic E-state index is -0.633. The molecule has 1 fully saturated rings. The fraction of sp³-hybridized carbons (Fsp3) is 0.471. The van der Waals surface area contributed by atoms with Gasteiger partial charge in [0.05, 0.1) is 0 Å². The third kappa shape index (κ3) is 4.78. The van der Waals surface area contributed by atoms with Gasteiger partial charge in [-0.05, 0) is 25.2 Å². The maximum absolute atomic E-state index is 11.6. The molecule has 0 radical (unpaired) electrons. The summed E-state index contributed by atoms with van der Waals surface area (Å²) in [4.78, 5) is 37.1. The van der Waals surface area contributed by atoms with Crippen LogP contribution in [0.3, 0.4) is 0 Å². The van der Waals surface area contributed by atoms with E-state index in [4.69, 9.17) is 10.5 Å². The van der Waals surface area contributed by atoms with Gasteiger partial charge in [-0.25, -0.2) is 15.0 Å². The molecule has 2 aromatic rings. The molecule has 0 saturated carbocycles. The molecule has 0 atom stereocenters. The molecule has 0 spiro atoms. The number of rotatable bonds is 7. The van der Waals surface area contributed by atoms with Gasteiger partial charge in [0.1, 0.15) is 24.3 Å². The summed E-state index contributed by atoms with van der Waals surface area (Å²) < 4.78 is 6.63. The van der Waals surface area contributed by atoms with Crippen molar-refractivity contribution in [3.8, 4) is 5.82 Å². The molecule has 9 heteroatoms. The molecule has 0 bridgehead atoms. The number of aromatic nitrogens is 4. The highest BCUT2D eigenvalue weighted by molar-refractivity contribution is 5.78. The van der Waals surface area contributed by atoms with E-state index in [0.717, 1.165) is 44.0 Å². The minimum Gasteiger partial charge on any atom is -0.456 e. The van der Waals surface area contributed by atoms with Crippen LogP contribution in [0.2, 0.25) is 0 Å². The number of hydrogen-bond acceptors (Lipinski definition) is 7. The first-order valence-electron chi connectivity index (χ1n) is 8.61. The zero-order chi connectivity index (χ0) is 18.4. The summed E-state index contributed by atoms with van der Waals surface area (Å²) in [7, 11) is 0. The monoisotopic (exact) mass is 358 g/mol. The van der Waals surface area contributed by atoms with Crippen molar-refractivity contribution in [2.45, 2.75) is 25.7 Å². The van der Waals surface area contributed by atoms with Crippen molar-refractivity contribution in [1.29, 1.82) is 0 Å². The number of primary amides is 1. The van der Waals surface area contributed by atoms with Crippen molar-refractivity contribution in [3.05, 3.63) is 31.1 Å². The Kier molecular flexibility index (Phi) is 5.77. The molecule has 2 aromatic heterocycles. The summed E-state index contributed by atoms with van der Waals surface area (Å²) >= 11 is 0. The molecule has 3 heterocycles. The lowest BCUT2D eigenvalue weighted by Crippen LogP contribution is -2.34.